The van der Waals surface area contributed by atoms with Crippen LogP contribution in [0.3, 0.4) is 0 Å². The highest BCUT2D eigenvalue weighted by molar-refractivity contribution is 7.89. The summed E-state index contributed by atoms with van der Waals surface area (Å²) < 4.78 is 72.8. The lowest BCUT2D eigenvalue weighted by Gasteiger charge is -2.31. The molecule has 4 N–H and O–H groups in total. The highest BCUT2D eigenvalue weighted by atomic mass is 32.2. The van der Waals surface area contributed by atoms with Crippen molar-refractivity contribution in [2.75, 3.05) is 31.2 Å². The molecule has 0 aliphatic carbocycles. The minimum absolute atomic E-state index is 0.0143. The fraction of sp³-hybridized carbons (Fsp3) is 0.333. The highest BCUT2D eigenvalue weighted by Crippen LogP contribution is 2.36. The van der Waals surface area contributed by atoms with Crippen molar-refractivity contribution >= 4 is 32.7 Å². The number of sulfonamides is 1. The lowest BCUT2D eigenvalue weighted by molar-refractivity contribution is -0.139. The van der Waals surface area contributed by atoms with E-state index in [0.717, 1.165) is 16.4 Å². The molecule has 0 bridgehead atoms. The first-order valence-corrected chi connectivity index (χ1v) is 11.6. The average molecular weight is 482 g/mol. The molecule has 4 rings (SSSR count). The summed E-state index contributed by atoms with van der Waals surface area (Å²) in [7, 11) is -4.28. The van der Waals surface area contributed by atoms with E-state index in [0.29, 0.717) is 29.5 Å². The first kappa shape index (κ1) is 23.1. The van der Waals surface area contributed by atoms with E-state index in [1.54, 1.807) is 18.2 Å². The van der Waals surface area contributed by atoms with E-state index in [4.69, 9.17) is 16.2 Å². The first-order chi connectivity index (χ1) is 15.6. The summed E-state index contributed by atoms with van der Waals surface area (Å²) in [4.78, 5) is 7.37. The summed E-state index contributed by atoms with van der Waals surface area (Å²) in [6.07, 6.45) is -3.88. The number of aromatic nitrogens is 2. The molecule has 12 heteroatoms. The summed E-state index contributed by atoms with van der Waals surface area (Å²) in [6.45, 7) is 0.482. The Morgan fingerprint density at radius 3 is 2.42 bits per heavy atom. The van der Waals surface area contributed by atoms with E-state index in [9.17, 15) is 21.6 Å². The molecule has 0 spiro atoms. The van der Waals surface area contributed by atoms with Gasteiger partial charge < -0.3 is 16.2 Å². The largest absolute Gasteiger partial charge is 0.492 e. The van der Waals surface area contributed by atoms with Crippen molar-refractivity contribution in [2.24, 2.45) is 5.92 Å². The number of halogens is 3. The van der Waals surface area contributed by atoms with Crippen LogP contribution in [-0.2, 0) is 16.2 Å². The van der Waals surface area contributed by atoms with Gasteiger partial charge in [-0.25, -0.2) is 13.4 Å². The van der Waals surface area contributed by atoms with Gasteiger partial charge in [0.1, 0.15) is 11.6 Å². The molecule has 1 aliphatic heterocycles. The number of piperidine rings is 1. The first-order valence-electron chi connectivity index (χ1n) is 10.2. The van der Waals surface area contributed by atoms with Gasteiger partial charge in [0.15, 0.2) is 0 Å². The summed E-state index contributed by atoms with van der Waals surface area (Å²) in [5.74, 6) is 0.745. The van der Waals surface area contributed by atoms with E-state index in [-0.39, 0.29) is 37.4 Å². The number of benzene rings is 2. The second-order valence-electron chi connectivity index (χ2n) is 7.77. The van der Waals surface area contributed by atoms with Crippen LogP contribution in [0.1, 0.15) is 18.4 Å². The molecule has 1 saturated heterocycles. The minimum Gasteiger partial charge on any atom is -0.492 e. The zero-order valence-electron chi connectivity index (χ0n) is 17.4. The van der Waals surface area contributed by atoms with Crippen LogP contribution >= 0.6 is 0 Å². The van der Waals surface area contributed by atoms with E-state index in [1.807, 2.05) is 0 Å². The molecule has 8 nitrogen and oxygen atoms in total. The summed E-state index contributed by atoms with van der Waals surface area (Å²) in [5, 5.41) is 0.537. The van der Waals surface area contributed by atoms with Gasteiger partial charge in [0.2, 0.25) is 16.0 Å². The van der Waals surface area contributed by atoms with E-state index < -0.39 is 26.7 Å². The number of nitrogens with two attached hydrogens (primary N) is 2. The second kappa shape index (κ2) is 8.67. The fourth-order valence-electron chi connectivity index (χ4n) is 3.91. The Hall–Kier alpha value is -3.12. The third-order valence-corrected chi connectivity index (χ3v) is 7.55. The molecular formula is C21H22F3N5O3S. The highest BCUT2D eigenvalue weighted by Gasteiger charge is 2.39. The van der Waals surface area contributed by atoms with Crippen molar-refractivity contribution in [1.29, 1.82) is 0 Å². The molecule has 1 aliphatic rings. The Bertz CT molecular complexity index is 1280. The minimum atomic E-state index is -4.76. The second-order valence-corrected chi connectivity index (χ2v) is 9.68. The van der Waals surface area contributed by atoms with Crippen molar-refractivity contribution in [3.8, 4) is 5.75 Å². The maximum absolute atomic E-state index is 13.3. The molecule has 1 fully saturated rings. The smallest absolute Gasteiger partial charge is 0.417 e. The van der Waals surface area contributed by atoms with Crippen LogP contribution < -0.4 is 16.2 Å². The van der Waals surface area contributed by atoms with Gasteiger partial charge >= 0.3 is 6.18 Å². The molecule has 0 saturated carbocycles. The predicted octanol–water partition coefficient (Wildman–Crippen LogP) is 3.29. The van der Waals surface area contributed by atoms with Crippen LogP contribution in [-0.4, -0.2) is 42.4 Å². The number of fused-ring (bicyclic) bond motifs is 1. The van der Waals surface area contributed by atoms with Crippen LogP contribution in [0.5, 0.6) is 5.75 Å². The van der Waals surface area contributed by atoms with E-state index in [1.165, 1.54) is 12.1 Å². The molecule has 0 radical (unpaired) electrons. The Labute approximate surface area is 188 Å². The molecule has 0 unspecified atom stereocenters. The third kappa shape index (κ3) is 4.67. The van der Waals surface area contributed by atoms with Crippen molar-refractivity contribution < 1.29 is 26.3 Å². The standard InChI is InChI=1S/C21H22F3N5O3S/c22-21(23,24)14-4-1-2-7-17(14)33(30,31)29-10-8-13(9-11-29)12-32-16-6-3-5-15-18(16)19(25)28-20(26)27-15/h1-7,13H,8-12H2,(H4,25,26,27,28). The van der Waals surface area contributed by atoms with Gasteiger partial charge in [-0.2, -0.15) is 22.5 Å². The topological polar surface area (TPSA) is 124 Å². The summed E-state index contributed by atoms with van der Waals surface area (Å²) >= 11 is 0. The number of hydrogen-bond donors (Lipinski definition) is 2. The van der Waals surface area contributed by atoms with Gasteiger partial charge in [0.05, 0.1) is 28.0 Å². The maximum Gasteiger partial charge on any atom is 0.417 e. The molecular weight excluding hydrogens is 459 g/mol. The summed E-state index contributed by atoms with van der Waals surface area (Å²) in [6, 6.07) is 9.44. The number of hydrogen-bond acceptors (Lipinski definition) is 7. The van der Waals surface area contributed by atoms with Crippen LogP contribution in [0.4, 0.5) is 24.9 Å². The summed E-state index contributed by atoms with van der Waals surface area (Å²) in [5.41, 5.74) is 11.0. The van der Waals surface area contributed by atoms with Crippen molar-refractivity contribution in [1.82, 2.24) is 14.3 Å². The predicted molar refractivity (Wildman–Crippen MR) is 117 cm³/mol. The molecule has 176 valence electrons. The molecule has 0 amide bonds. The average Bonchev–Trinajstić information content (AvgIpc) is 2.77. The monoisotopic (exact) mass is 481 g/mol. The Morgan fingerprint density at radius 1 is 1.03 bits per heavy atom. The van der Waals surface area contributed by atoms with Crippen molar-refractivity contribution in [3.63, 3.8) is 0 Å². The van der Waals surface area contributed by atoms with E-state index >= 15 is 0 Å². The fourth-order valence-corrected chi connectivity index (χ4v) is 5.59. The Balaban J connectivity index is 1.44. The van der Waals surface area contributed by atoms with Crippen LogP contribution in [0.25, 0.3) is 10.9 Å². The van der Waals surface area contributed by atoms with Crippen LogP contribution in [0.15, 0.2) is 47.4 Å². The van der Waals surface area contributed by atoms with Gasteiger partial charge in [-0.1, -0.05) is 18.2 Å². The maximum atomic E-state index is 13.3. The van der Waals surface area contributed by atoms with Crippen molar-refractivity contribution in [2.45, 2.75) is 23.9 Å². The number of ether oxygens (including phenoxy) is 1. The normalized spacial score (nSPS) is 16.2. The lowest BCUT2D eigenvalue weighted by atomic mass is 9.99. The zero-order chi connectivity index (χ0) is 23.8. The zero-order valence-corrected chi connectivity index (χ0v) is 18.2. The molecule has 1 aromatic heterocycles. The molecule has 2 heterocycles. The van der Waals surface area contributed by atoms with Gasteiger partial charge in [-0.05, 0) is 43.0 Å². The number of nitrogen functional groups attached to an aromatic ring is 2. The molecule has 33 heavy (non-hydrogen) atoms. The third-order valence-electron chi connectivity index (χ3n) is 5.59. The molecule has 2 aromatic carbocycles. The SMILES string of the molecule is Nc1nc(N)c2c(OCC3CCN(S(=O)(=O)c4ccccc4C(F)(F)F)CC3)cccc2n1. The van der Waals surface area contributed by atoms with E-state index in [2.05, 4.69) is 9.97 Å². The number of rotatable bonds is 5. The van der Waals surface area contributed by atoms with Crippen LogP contribution in [0.2, 0.25) is 0 Å². The van der Waals surface area contributed by atoms with Crippen LogP contribution in [0, 0.1) is 5.92 Å². The quantitative estimate of drug-likeness (QED) is 0.573. The Kier molecular flexibility index (Phi) is 6.06. The number of anilines is 2. The van der Waals surface area contributed by atoms with Gasteiger partial charge in [0, 0.05) is 13.1 Å². The van der Waals surface area contributed by atoms with Gasteiger partial charge in [0.25, 0.3) is 0 Å². The molecule has 0 atom stereocenters. The number of alkyl halides is 3. The van der Waals surface area contributed by atoms with Crippen molar-refractivity contribution in [3.05, 3.63) is 48.0 Å². The number of nitrogens with zero attached hydrogens (tertiary/aromatic N) is 3. The van der Waals surface area contributed by atoms with Gasteiger partial charge in [-0.15, -0.1) is 0 Å². The van der Waals surface area contributed by atoms with Gasteiger partial charge in [-0.3, -0.25) is 0 Å². The lowest BCUT2D eigenvalue weighted by Crippen LogP contribution is -2.40. The molecule has 3 aromatic rings. The Morgan fingerprint density at radius 2 is 1.73 bits per heavy atom.